The maximum absolute atomic E-state index is 12.2. The molecule has 0 unspecified atom stereocenters. The van der Waals surface area contributed by atoms with E-state index < -0.39 is 0 Å². The number of hydrogen-bond donors (Lipinski definition) is 2. The molecule has 1 heterocycles. The van der Waals surface area contributed by atoms with Crippen LogP contribution in [-0.2, 0) is 9.59 Å². The molecule has 0 aliphatic rings. The standard InChI is InChI=1S/C17H19N3O2/c1-12-8-9-16(18-11-12)20-17(22)10-15(19-13(2)21)14-6-4-3-5-7-14/h3-9,11,15H,10H2,1-2H3,(H,19,21)(H,18,20,22)/t15-/m0/s1. The number of hydrogen-bond acceptors (Lipinski definition) is 3. The largest absolute Gasteiger partial charge is 0.349 e. The van der Waals surface area contributed by atoms with Gasteiger partial charge in [0.15, 0.2) is 0 Å². The van der Waals surface area contributed by atoms with Crippen LogP contribution in [0.2, 0.25) is 0 Å². The number of carbonyl (C=O) groups is 2. The van der Waals surface area contributed by atoms with Gasteiger partial charge >= 0.3 is 0 Å². The Morgan fingerprint density at radius 2 is 1.86 bits per heavy atom. The van der Waals surface area contributed by atoms with Gasteiger partial charge in [0.1, 0.15) is 5.82 Å². The summed E-state index contributed by atoms with van der Waals surface area (Å²) in [5.74, 6) is 0.138. The molecule has 0 saturated carbocycles. The lowest BCUT2D eigenvalue weighted by molar-refractivity contribution is -0.120. The van der Waals surface area contributed by atoms with Crippen molar-refractivity contribution in [3.05, 3.63) is 59.8 Å². The third-order valence-electron chi connectivity index (χ3n) is 3.15. The number of carbonyl (C=O) groups excluding carboxylic acids is 2. The quantitative estimate of drug-likeness (QED) is 0.891. The lowest BCUT2D eigenvalue weighted by Gasteiger charge is -2.18. The second-order valence-electron chi connectivity index (χ2n) is 5.14. The zero-order valence-electron chi connectivity index (χ0n) is 12.7. The first kappa shape index (κ1) is 15.7. The second kappa shape index (κ2) is 7.36. The zero-order chi connectivity index (χ0) is 15.9. The molecule has 5 heteroatoms. The molecule has 0 aliphatic carbocycles. The summed E-state index contributed by atoms with van der Waals surface area (Å²) < 4.78 is 0. The van der Waals surface area contributed by atoms with E-state index in [2.05, 4.69) is 15.6 Å². The van der Waals surface area contributed by atoms with E-state index in [0.29, 0.717) is 5.82 Å². The average Bonchev–Trinajstić information content (AvgIpc) is 2.49. The lowest BCUT2D eigenvalue weighted by Crippen LogP contribution is -2.29. The molecule has 2 N–H and O–H groups in total. The minimum Gasteiger partial charge on any atom is -0.349 e. The summed E-state index contributed by atoms with van der Waals surface area (Å²) in [7, 11) is 0. The minimum atomic E-state index is -0.357. The van der Waals surface area contributed by atoms with Crippen LogP contribution in [0.25, 0.3) is 0 Å². The number of nitrogens with zero attached hydrogens (tertiary/aromatic N) is 1. The van der Waals surface area contributed by atoms with Gasteiger partial charge in [-0.2, -0.15) is 0 Å². The molecule has 114 valence electrons. The third-order valence-corrected chi connectivity index (χ3v) is 3.15. The summed E-state index contributed by atoms with van der Waals surface area (Å²) in [5.41, 5.74) is 1.92. The van der Waals surface area contributed by atoms with E-state index in [4.69, 9.17) is 0 Å². The first-order valence-corrected chi connectivity index (χ1v) is 7.09. The summed E-state index contributed by atoms with van der Waals surface area (Å²) in [6.07, 6.45) is 1.84. The molecule has 0 fully saturated rings. The number of aromatic nitrogens is 1. The van der Waals surface area contributed by atoms with Gasteiger partial charge < -0.3 is 10.6 Å². The Balaban J connectivity index is 2.04. The molecular formula is C17H19N3O2. The van der Waals surface area contributed by atoms with Crippen LogP contribution in [0.5, 0.6) is 0 Å². The molecule has 0 bridgehead atoms. The van der Waals surface area contributed by atoms with Gasteiger partial charge in [-0.15, -0.1) is 0 Å². The van der Waals surface area contributed by atoms with E-state index in [9.17, 15) is 9.59 Å². The summed E-state index contributed by atoms with van der Waals surface area (Å²) >= 11 is 0. The van der Waals surface area contributed by atoms with Crippen LogP contribution < -0.4 is 10.6 Å². The number of pyridine rings is 1. The van der Waals surface area contributed by atoms with E-state index in [1.807, 2.05) is 43.3 Å². The highest BCUT2D eigenvalue weighted by atomic mass is 16.2. The summed E-state index contributed by atoms with van der Waals surface area (Å²) in [6, 6.07) is 12.7. The van der Waals surface area contributed by atoms with Crippen molar-refractivity contribution in [2.24, 2.45) is 0 Å². The maximum Gasteiger partial charge on any atom is 0.227 e. The first-order chi connectivity index (χ1) is 10.5. The van der Waals surface area contributed by atoms with Crippen LogP contribution >= 0.6 is 0 Å². The Hall–Kier alpha value is -2.69. The van der Waals surface area contributed by atoms with Crippen molar-refractivity contribution in [3.63, 3.8) is 0 Å². The molecule has 1 atom stereocenters. The summed E-state index contributed by atoms with van der Waals surface area (Å²) in [4.78, 5) is 27.6. The maximum atomic E-state index is 12.2. The number of anilines is 1. The smallest absolute Gasteiger partial charge is 0.227 e. The van der Waals surface area contributed by atoms with Crippen molar-refractivity contribution in [2.45, 2.75) is 26.3 Å². The highest BCUT2D eigenvalue weighted by molar-refractivity contribution is 5.90. The number of nitrogens with one attached hydrogen (secondary N) is 2. The molecule has 1 aromatic heterocycles. The van der Waals surface area contributed by atoms with Crippen molar-refractivity contribution >= 4 is 17.6 Å². The van der Waals surface area contributed by atoms with Crippen LogP contribution in [0.4, 0.5) is 5.82 Å². The van der Waals surface area contributed by atoms with Crippen LogP contribution in [0.15, 0.2) is 48.7 Å². The predicted molar refractivity (Wildman–Crippen MR) is 85.2 cm³/mol. The third kappa shape index (κ3) is 4.70. The number of amides is 2. The fraction of sp³-hybridized carbons (Fsp3) is 0.235. The van der Waals surface area contributed by atoms with Crippen LogP contribution in [0.1, 0.15) is 30.5 Å². The van der Waals surface area contributed by atoms with Gasteiger partial charge in [-0.1, -0.05) is 36.4 Å². The van der Waals surface area contributed by atoms with E-state index in [-0.39, 0.29) is 24.3 Å². The van der Waals surface area contributed by atoms with Gasteiger partial charge in [0.25, 0.3) is 0 Å². The minimum absolute atomic E-state index is 0.152. The van der Waals surface area contributed by atoms with E-state index in [1.54, 1.807) is 12.3 Å². The van der Waals surface area contributed by atoms with Gasteiger partial charge in [-0.25, -0.2) is 4.98 Å². The molecule has 2 aromatic rings. The average molecular weight is 297 g/mol. The molecule has 2 rings (SSSR count). The van der Waals surface area contributed by atoms with Crippen molar-refractivity contribution in [1.29, 1.82) is 0 Å². The Morgan fingerprint density at radius 3 is 2.45 bits per heavy atom. The molecule has 22 heavy (non-hydrogen) atoms. The van der Waals surface area contributed by atoms with Crippen LogP contribution in [0, 0.1) is 6.92 Å². The van der Waals surface area contributed by atoms with Crippen molar-refractivity contribution in [2.75, 3.05) is 5.32 Å². The van der Waals surface area contributed by atoms with Gasteiger partial charge in [-0.05, 0) is 24.1 Å². The Kier molecular flexibility index (Phi) is 5.25. The molecule has 2 amide bonds. The van der Waals surface area contributed by atoms with E-state index in [0.717, 1.165) is 11.1 Å². The van der Waals surface area contributed by atoms with E-state index in [1.165, 1.54) is 6.92 Å². The Bertz CT molecular complexity index is 639. The second-order valence-corrected chi connectivity index (χ2v) is 5.14. The predicted octanol–water partition coefficient (Wildman–Crippen LogP) is 2.60. The number of benzene rings is 1. The Morgan fingerprint density at radius 1 is 1.14 bits per heavy atom. The van der Waals surface area contributed by atoms with Crippen molar-refractivity contribution in [1.82, 2.24) is 10.3 Å². The summed E-state index contributed by atoms with van der Waals surface area (Å²) in [5, 5.41) is 5.54. The highest BCUT2D eigenvalue weighted by Crippen LogP contribution is 2.17. The molecule has 1 aromatic carbocycles. The lowest BCUT2D eigenvalue weighted by atomic mass is 10.0. The summed E-state index contributed by atoms with van der Waals surface area (Å²) in [6.45, 7) is 3.37. The van der Waals surface area contributed by atoms with E-state index >= 15 is 0 Å². The molecular weight excluding hydrogens is 278 g/mol. The fourth-order valence-corrected chi connectivity index (χ4v) is 2.10. The molecule has 5 nitrogen and oxygen atoms in total. The highest BCUT2D eigenvalue weighted by Gasteiger charge is 2.17. The molecule has 0 spiro atoms. The number of aryl methyl sites for hydroxylation is 1. The zero-order valence-corrected chi connectivity index (χ0v) is 12.7. The van der Waals surface area contributed by atoms with Gasteiger partial charge in [0.05, 0.1) is 12.5 Å². The normalized spacial score (nSPS) is 11.5. The van der Waals surface area contributed by atoms with Gasteiger partial charge in [0.2, 0.25) is 11.8 Å². The molecule has 0 radical (unpaired) electrons. The fourth-order valence-electron chi connectivity index (χ4n) is 2.10. The Labute approximate surface area is 129 Å². The van der Waals surface area contributed by atoms with Gasteiger partial charge in [-0.3, -0.25) is 9.59 Å². The molecule has 0 saturated heterocycles. The van der Waals surface area contributed by atoms with Gasteiger partial charge in [0, 0.05) is 13.1 Å². The topological polar surface area (TPSA) is 71.1 Å². The first-order valence-electron chi connectivity index (χ1n) is 7.09. The van der Waals surface area contributed by atoms with Crippen molar-refractivity contribution < 1.29 is 9.59 Å². The molecule has 0 aliphatic heterocycles. The monoisotopic (exact) mass is 297 g/mol. The SMILES string of the molecule is CC(=O)N[C@@H](CC(=O)Nc1ccc(C)cn1)c1ccccc1. The number of rotatable bonds is 5. The van der Waals surface area contributed by atoms with Crippen LogP contribution in [0.3, 0.4) is 0 Å². The van der Waals surface area contributed by atoms with Crippen molar-refractivity contribution in [3.8, 4) is 0 Å². The van der Waals surface area contributed by atoms with Crippen LogP contribution in [-0.4, -0.2) is 16.8 Å².